The number of rotatable bonds is 9. The lowest BCUT2D eigenvalue weighted by Crippen LogP contribution is -2.27. The topological polar surface area (TPSA) is 38.0 Å². The third-order valence-electron chi connectivity index (χ3n) is 2.36. The first-order valence-corrected chi connectivity index (χ1v) is 5.74. The predicted molar refractivity (Wildman–Crippen MR) is 59.9 cm³/mol. The molecule has 0 bridgehead atoms. The molecule has 0 aliphatic carbocycles. The Bertz CT molecular complexity index is 94.1. The minimum absolute atomic E-state index is 0.685. The van der Waals surface area contributed by atoms with Gasteiger partial charge in [-0.15, -0.1) is 0 Å². The average molecular weight is 186 g/mol. The maximum atomic E-state index is 5.42. The van der Waals surface area contributed by atoms with Crippen LogP contribution in [0.4, 0.5) is 0 Å². The van der Waals surface area contributed by atoms with E-state index in [-0.39, 0.29) is 0 Å². The van der Waals surface area contributed by atoms with E-state index >= 15 is 0 Å². The quantitative estimate of drug-likeness (QED) is 0.542. The highest BCUT2D eigenvalue weighted by molar-refractivity contribution is 4.60. The van der Waals surface area contributed by atoms with Crippen molar-refractivity contribution in [2.24, 2.45) is 5.73 Å². The van der Waals surface area contributed by atoms with Crippen molar-refractivity contribution in [1.29, 1.82) is 0 Å². The molecule has 0 spiro atoms. The predicted octanol–water partition coefficient (Wildman–Crippen LogP) is 2.28. The van der Waals surface area contributed by atoms with Gasteiger partial charge in [0.05, 0.1) is 0 Å². The maximum absolute atomic E-state index is 5.42. The third kappa shape index (κ3) is 9.84. The van der Waals surface area contributed by atoms with Gasteiger partial charge >= 0.3 is 0 Å². The SMILES string of the molecule is CCCCCC(C)NCCCCN. The van der Waals surface area contributed by atoms with E-state index in [1.54, 1.807) is 0 Å². The zero-order valence-corrected chi connectivity index (χ0v) is 9.31. The molecule has 1 unspecified atom stereocenters. The highest BCUT2D eigenvalue weighted by Crippen LogP contribution is 2.02. The Morgan fingerprint density at radius 3 is 2.54 bits per heavy atom. The van der Waals surface area contributed by atoms with Crippen LogP contribution in [0.3, 0.4) is 0 Å². The van der Waals surface area contributed by atoms with Crippen LogP contribution in [0.1, 0.15) is 52.4 Å². The van der Waals surface area contributed by atoms with E-state index in [1.165, 1.54) is 32.1 Å². The van der Waals surface area contributed by atoms with Crippen LogP contribution in [0.15, 0.2) is 0 Å². The lowest BCUT2D eigenvalue weighted by atomic mass is 10.1. The molecule has 13 heavy (non-hydrogen) atoms. The Balaban J connectivity index is 3.05. The van der Waals surface area contributed by atoms with Crippen molar-refractivity contribution >= 4 is 0 Å². The second-order valence-corrected chi connectivity index (χ2v) is 3.85. The molecule has 0 aromatic carbocycles. The highest BCUT2D eigenvalue weighted by Gasteiger charge is 1.99. The van der Waals surface area contributed by atoms with Crippen molar-refractivity contribution in [3.05, 3.63) is 0 Å². The van der Waals surface area contributed by atoms with Gasteiger partial charge < -0.3 is 11.1 Å². The molecule has 3 N–H and O–H groups in total. The molecular weight excluding hydrogens is 160 g/mol. The Morgan fingerprint density at radius 2 is 1.92 bits per heavy atom. The average Bonchev–Trinajstić information content (AvgIpc) is 2.13. The summed E-state index contributed by atoms with van der Waals surface area (Å²) in [6.07, 6.45) is 7.73. The lowest BCUT2D eigenvalue weighted by molar-refractivity contribution is 0.479. The van der Waals surface area contributed by atoms with Crippen molar-refractivity contribution in [1.82, 2.24) is 5.32 Å². The van der Waals surface area contributed by atoms with Gasteiger partial charge in [-0.2, -0.15) is 0 Å². The first-order valence-electron chi connectivity index (χ1n) is 5.74. The summed E-state index contributed by atoms with van der Waals surface area (Å²) in [5.41, 5.74) is 5.42. The van der Waals surface area contributed by atoms with Gasteiger partial charge in [-0.3, -0.25) is 0 Å². The van der Waals surface area contributed by atoms with E-state index in [1.807, 2.05) is 0 Å². The molecule has 80 valence electrons. The maximum Gasteiger partial charge on any atom is 0.00387 e. The van der Waals surface area contributed by atoms with Crippen LogP contribution < -0.4 is 11.1 Å². The molecule has 0 heterocycles. The summed E-state index contributed by atoms with van der Waals surface area (Å²) >= 11 is 0. The van der Waals surface area contributed by atoms with Gasteiger partial charge in [0, 0.05) is 6.04 Å². The number of nitrogens with two attached hydrogens (primary N) is 1. The fraction of sp³-hybridized carbons (Fsp3) is 1.00. The third-order valence-corrected chi connectivity index (χ3v) is 2.36. The summed E-state index contributed by atoms with van der Waals surface area (Å²) in [6.45, 7) is 6.48. The second-order valence-electron chi connectivity index (χ2n) is 3.85. The van der Waals surface area contributed by atoms with Gasteiger partial charge in [-0.05, 0) is 39.3 Å². The van der Waals surface area contributed by atoms with Crippen molar-refractivity contribution in [3.8, 4) is 0 Å². The Morgan fingerprint density at radius 1 is 1.15 bits per heavy atom. The summed E-state index contributed by atoms with van der Waals surface area (Å²) in [6, 6.07) is 0.685. The molecule has 0 aromatic rings. The molecule has 0 aromatic heterocycles. The molecule has 0 rings (SSSR count). The summed E-state index contributed by atoms with van der Waals surface area (Å²) in [5, 5.41) is 3.52. The molecule has 0 amide bonds. The Hall–Kier alpha value is -0.0800. The lowest BCUT2D eigenvalue weighted by Gasteiger charge is -2.12. The molecule has 0 fully saturated rings. The molecule has 2 heteroatoms. The Kier molecular flexibility index (Phi) is 9.94. The largest absolute Gasteiger partial charge is 0.330 e. The van der Waals surface area contributed by atoms with Crippen LogP contribution in [0.5, 0.6) is 0 Å². The zero-order chi connectivity index (χ0) is 9.94. The summed E-state index contributed by atoms with van der Waals surface area (Å²) in [7, 11) is 0. The molecule has 0 aliphatic heterocycles. The van der Waals surface area contributed by atoms with Crippen molar-refractivity contribution in [2.45, 2.75) is 58.4 Å². The van der Waals surface area contributed by atoms with Gasteiger partial charge in [0.1, 0.15) is 0 Å². The smallest absolute Gasteiger partial charge is 0.00387 e. The normalized spacial score (nSPS) is 13.2. The summed E-state index contributed by atoms with van der Waals surface area (Å²) in [5.74, 6) is 0. The van der Waals surface area contributed by atoms with Gasteiger partial charge in [-0.25, -0.2) is 0 Å². The van der Waals surface area contributed by atoms with E-state index in [0.29, 0.717) is 6.04 Å². The summed E-state index contributed by atoms with van der Waals surface area (Å²) in [4.78, 5) is 0. The molecule has 1 atom stereocenters. The Labute approximate surface area is 83.3 Å². The van der Waals surface area contributed by atoms with Crippen LogP contribution in [0.25, 0.3) is 0 Å². The van der Waals surface area contributed by atoms with Crippen molar-refractivity contribution < 1.29 is 0 Å². The standard InChI is InChI=1S/C11H26N2/c1-3-4-5-8-11(2)13-10-7-6-9-12/h11,13H,3-10,12H2,1-2H3. The molecule has 2 nitrogen and oxygen atoms in total. The molecule has 0 aliphatic rings. The van der Waals surface area contributed by atoms with Gasteiger partial charge in [0.25, 0.3) is 0 Å². The van der Waals surface area contributed by atoms with Gasteiger partial charge in [0.15, 0.2) is 0 Å². The summed E-state index contributed by atoms with van der Waals surface area (Å²) < 4.78 is 0. The molecule has 0 saturated carbocycles. The van der Waals surface area contributed by atoms with Crippen LogP contribution in [0, 0.1) is 0 Å². The fourth-order valence-electron chi connectivity index (χ4n) is 1.42. The van der Waals surface area contributed by atoms with E-state index in [9.17, 15) is 0 Å². The first kappa shape index (κ1) is 12.9. The highest BCUT2D eigenvalue weighted by atomic mass is 14.9. The van der Waals surface area contributed by atoms with Gasteiger partial charge in [-0.1, -0.05) is 26.2 Å². The van der Waals surface area contributed by atoms with E-state index in [0.717, 1.165) is 19.5 Å². The van der Waals surface area contributed by atoms with Crippen LogP contribution in [-0.2, 0) is 0 Å². The zero-order valence-electron chi connectivity index (χ0n) is 9.31. The van der Waals surface area contributed by atoms with Crippen molar-refractivity contribution in [3.63, 3.8) is 0 Å². The van der Waals surface area contributed by atoms with E-state index in [4.69, 9.17) is 5.73 Å². The monoisotopic (exact) mass is 186 g/mol. The molecule has 0 radical (unpaired) electrons. The number of hydrogen-bond donors (Lipinski definition) is 2. The number of unbranched alkanes of at least 4 members (excludes halogenated alkanes) is 3. The molecular formula is C11H26N2. The van der Waals surface area contributed by atoms with Crippen LogP contribution in [-0.4, -0.2) is 19.1 Å². The number of nitrogens with one attached hydrogen (secondary N) is 1. The van der Waals surface area contributed by atoms with Crippen LogP contribution >= 0.6 is 0 Å². The van der Waals surface area contributed by atoms with E-state index < -0.39 is 0 Å². The van der Waals surface area contributed by atoms with Crippen LogP contribution in [0.2, 0.25) is 0 Å². The number of hydrogen-bond acceptors (Lipinski definition) is 2. The second kappa shape index (κ2) is 10.0. The minimum Gasteiger partial charge on any atom is -0.330 e. The van der Waals surface area contributed by atoms with Crippen molar-refractivity contribution in [2.75, 3.05) is 13.1 Å². The van der Waals surface area contributed by atoms with E-state index in [2.05, 4.69) is 19.2 Å². The molecule has 0 saturated heterocycles. The van der Waals surface area contributed by atoms with Gasteiger partial charge in [0.2, 0.25) is 0 Å². The minimum atomic E-state index is 0.685. The first-order chi connectivity index (χ1) is 6.31. The fourth-order valence-corrected chi connectivity index (χ4v) is 1.42.